The number of fused-ring (bicyclic) bond motifs is 1. The van der Waals surface area contributed by atoms with E-state index < -0.39 is 10.0 Å². The number of piperazine rings is 1. The Kier molecular flexibility index (Phi) is 5.18. The van der Waals surface area contributed by atoms with Crippen molar-refractivity contribution in [1.82, 2.24) is 14.1 Å². The molecule has 0 aromatic heterocycles. The number of carbonyl (C=O) groups excluding carboxylic acids is 1. The van der Waals surface area contributed by atoms with Crippen LogP contribution in [-0.4, -0.2) is 74.7 Å². The normalized spacial score (nSPS) is 25.4. The van der Waals surface area contributed by atoms with Gasteiger partial charge in [-0.2, -0.15) is 4.31 Å². The van der Waals surface area contributed by atoms with Crippen molar-refractivity contribution in [3.63, 3.8) is 0 Å². The number of benzene rings is 1. The van der Waals surface area contributed by atoms with Gasteiger partial charge in [0.15, 0.2) is 0 Å². The topological polar surface area (TPSA) is 60.9 Å². The highest BCUT2D eigenvalue weighted by molar-refractivity contribution is 7.89. The molecule has 6 nitrogen and oxygen atoms in total. The van der Waals surface area contributed by atoms with Gasteiger partial charge in [0, 0.05) is 46.3 Å². The molecule has 0 spiro atoms. The summed E-state index contributed by atoms with van der Waals surface area (Å²) in [5.74, 6) is 0.208. The molecule has 3 rings (SSSR count). The zero-order valence-corrected chi connectivity index (χ0v) is 16.0. The first-order valence-electron chi connectivity index (χ1n) is 8.81. The smallest absolute Gasteiger partial charge is 0.243 e. The second-order valence-corrected chi connectivity index (χ2v) is 9.27. The molecule has 0 aliphatic carbocycles. The summed E-state index contributed by atoms with van der Waals surface area (Å²) in [4.78, 5) is 16.5. The SMILES string of the molecule is Cc1ccc(S(=O)(=O)N2CCN3C[C@H](C(=O)N(C)C)CC[C@H]3C2)cc1. The predicted octanol–water partition coefficient (Wildman–Crippen LogP) is 1.17. The molecule has 0 radical (unpaired) electrons. The maximum absolute atomic E-state index is 12.9. The molecule has 1 amide bonds. The average molecular weight is 365 g/mol. The summed E-state index contributed by atoms with van der Waals surface area (Å²) in [7, 11) is 0.143. The van der Waals surface area contributed by atoms with E-state index in [0.717, 1.165) is 24.9 Å². The fourth-order valence-electron chi connectivity index (χ4n) is 3.79. The van der Waals surface area contributed by atoms with E-state index in [4.69, 9.17) is 0 Å². The molecule has 2 atom stereocenters. The predicted molar refractivity (Wildman–Crippen MR) is 96.7 cm³/mol. The fraction of sp³-hybridized carbons (Fsp3) is 0.611. The van der Waals surface area contributed by atoms with Crippen molar-refractivity contribution in [3.8, 4) is 0 Å². The first-order valence-corrected chi connectivity index (χ1v) is 10.2. The summed E-state index contributed by atoms with van der Waals surface area (Å²) < 4.78 is 27.4. The molecular formula is C18H27N3O3S. The van der Waals surface area contributed by atoms with Crippen molar-refractivity contribution in [2.45, 2.75) is 30.7 Å². The molecule has 7 heteroatoms. The van der Waals surface area contributed by atoms with E-state index in [1.54, 1.807) is 35.4 Å². The monoisotopic (exact) mass is 365 g/mol. The summed E-state index contributed by atoms with van der Waals surface area (Å²) in [6.45, 7) is 4.37. The van der Waals surface area contributed by atoms with Crippen LogP contribution in [0, 0.1) is 12.8 Å². The van der Waals surface area contributed by atoms with Crippen LogP contribution in [0.3, 0.4) is 0 Å². The third-order valence-corrected chi connectivity index (χ3v) is 7.20. The van der Waals surface area contributed by atoms with E-state index in [9.17, 15) is 13.2 Å². The van der Waals surface area contributed by atoms with Gasteiger partial charge in [0.2, 0.25) is 15.9 Å². The molecule has 2 fully saturated rings. The first kappa shape index (κ1) is 18.4. The van der Waals surface area contributed by atoms with Gasteiger partial charge >= 0.3 is 0 Å². The summed E-state index contributed by atoms with van der Waals surface area (Å²) in [6.07, 6.45) is 1.70. The maximum atomic E-state index is 12.9. The van der Waals surface area contributed by atoms with Crippen LogP contribution in [0.15, 0.2) is 29.2 Å². The molecule has 0 bridgehead atoms. The van der Waals surface area contributed by atoms with Gasteiger partial charge in [0.25, 0.3) is 0 Å². The van der Waals surface area contributed by atoms with Crippen molar-refractivity contribution < 1.29 is 13.2 Å². The second kappa shape index (κ2) is 7.05. The van der Waals surface area contributed by atoms with Crippen LogP contribution in [-0.2, 0) is 14.8 Å². The maximum Gasteiger partial charge on any atom is 0.243 e. The molecule has 1 aromatic carbocycles. The lowest BCUT2D eigenvalue weighted by atomic mass is 9.90. The van der Waals surface area contributed by atoms with Crippen LogP contribution in [0.2, 0.25) is 0 Å². The minimum Gasteiger partial charge on any atom is -0.349 e. The molecular weight excluding hydrogens is 338 g/mol. The van der Waals surface area contributed by atoms with Crippen molar-refractivity contribution in [1.29, 1.82) is 0 Å². The van der Waals surface area contributed by atoms with Crippen LogP contribution >= 0.6 is 0 Å². The molecule has 2 aliphatic heterocycles. The van der Waals surface area contributed by atoms with Crippen molar-refractivity contribution in [2.75, 3.05) is 40.3 Å². The highest BCUT2D eigenvalue weighted by atomic mass is 32.2. The number of hydrogen-bond acceptors (Lipinski definition) is 4. The Labute approximate surface area is 150 Å². The third kappa shape index (κ3) is 3.73. The number of aryl methyl sites for hydroxylation is 1. The van der Waals surface area contributed by atoms with Gasteiger partial charge in [-0.15, -0.1) is 0 Å². The van der Waals surface area contributed by atoms with E-state index in [2.05, 4.69) is 4.90 Å². The van der Waals surface area contributed by atoms with E-state index >= 15 is 0 Å². The molecule has 0 saturated carbocycles. The van der Waals surface area contributed by atoms with Gasteiger partial charge in [0.05, 0.1) is 10.8 Å². The number of piperidine rings is 1. The van der Waals surface area contributed by atoms with Gasteiger partial charge in [-0.3, -0.25) is 9.69 Å². The third-order valence-electron chi connectivity index (χ3n) is 5.32. The van der Waals surface area contributed by atoms with Crippen LogP contribution in [0.1, 0.15) is 18.4 Å². The van der Waals surface area contributed by atoms with E-state index in [0.29, 0.717) is 24.5 Å². The van der Waals surface area contributed by atoms with Gasteiger partial charge in [-0.05, 0) is 31.9 Å². The molecule has 0 N–H and O–H groups in total. The van der Waals surface area contributed by atoms with Gasteiger partial charge in [0.1, 0.15) is 0 Å². The number of hydrogen-bond donors (Lipinski definition) is 0. The van der Waals surface area contributed by atoms with Crippen LogP contribution < -0.4 is 0 Å². The first-order chi connectivity index (χ1) is 11.8. The number of nitrogens with zero attached hydrogens (tertiary/aromatic N) is 3. The second-order valence-electron chi connectivity index (χ2n) is 7.33. The number of rotatable bonds is 3. The Hall–Kier alpha value is -1.44. The molecule has 1 aromatic rings. The van der Waals surface area contributed by atoms with Gasteiger partial charge in [-0.1, -0.05) is 17.7 Å². The quantitative estimate of drug-likeness (QED) is 0.807. The van der Waals surface area contributed by atoms with E-state index in [1.807, 2.05) is 19.1 Å². The van der Waals surface area contributed by atoms with Gasteiger partial charge < -0.3 is 4.90 Å². The summed E-state index contributed by atoms with van der Waals surface area (Å²) in [5.41, 5.74) is 1.05. The Morgan fingerprint density at radius 1 is 1.08 bits per heavy atom. The van der Waals surface area contributed by atoms with Crippen LogP contribution in [0.5, 0.6) is 0 Å². The van der Waals surface area contributed by atoms with E-state index in [-0.39, 0.29) is 17.9 Å². The van der Waals surface area contributed by atoms with Crippen molar-refractivity contribution in [2.24, 2.45) is 5.92 Å². The standard InChI is InChI=1S/C18H27N3O3S/c1-14-4-8-17(9-5-14)25(23,24)21-11-10-20-12-15(18(22)19(2)3)6-7-16(20)13-21/h4-5,8-9,15-16H,6-7,10-13H2,1-3H3/t15-,16+/m1/s1. The minimum absolute atomic E-state index is 0.0338. The molecule has 25 heavy (non-hydrogen) atoms. The largest absolute Gasteiger partial charge is 0.349 e. The number of amides is 1. The zero-order chi connectivity index (χ0) is 18.2. The average Bonchev–Trinajstić information content (AvgIpc) is 2.60. The molecule has 138 valence electrons. The van der Waals surface area contributed by atoms with Crippen molar-refractivity contribution >= 4 is 15.9 Å². The molecule has 2 heterocycles. The van der Waals surface area contributed by atoms with Crippen LogP contribution in [0.4, 0.5) is 0 Å². The lowest BCUT2D eigenvalue weighted by Gasteiger charge is -2.45. The highest BCUT2D eigenvalue weighted by Gasteiger charge is 2.39. The van der Waals surface area contributed by atoms with E-state index in [1.165, 1.54) is 0 Å². The lowest BCUT2D eigenvalue weighted by molar-refractivity contribution is -0.135. The number of sulfonamides is 1. The fourth-order valence-corrected chi connectivity index (χ4v) is 5.26. The summed E-state index contributed by atoms with van der Waals surface area (Å²) >= 11 is 0. The minimum atomic E-state index is -3.44. The summed E-state index contributed by atoms with van der Waals surface area (Å²) in [5, 5.41) is 0. The Morgan fingerprint density at radius 3 is 2.40 bits per heavy atom. The summed E-state index contributed by atoms with van der Waals surface area (Å²) in [6, 6.07) is 7.25. The molecule has 0 unspecified atom stereocenters. The molecule has 2 saturated heterocycles. The Balaban J connectivity index is 1.68. The Bertz CT molecular complexity index is 730. The molecule has 2 aliphatic rings. The lowest BCUT2D eigenvalue weighted by Crippen LogP contribution is -2.58. The van der Waals surface area contributed by atoms with Gasteiger partial charge in [-0.25, -0.2) is 8.42 Å². The Morgan fingerprint density at radius 2 is 1.76 bits per heavy atom. The zero-order valence-electron chi connectivity index (χ0n) is 15.2. The van der Waals surface area contributed by atoms with Crippen molar-refractivity contribution in [3.05, 3.63) is 29.8 Å². The number of carbonyl (C=O) groups is 1. The highest BCUT2D eigenvalue weighted by Crippen LogP contribution is 2.28. The van der Waals surface area contributed by atoms with Crippen LogP contribution in [0.25, 0.3) is 0 Å².